The summed E-state index contributed by atoms with van der Waals surface area (Å²) in [7, 11) is 2.88. The van der Waals surface area contributed by atoms with E-state index in [9.17, 15) is 14.4 Å². The minimum atomic E-state index is -0.966. The zero-order valence-corrected chi connectivity index (χ0v) is 26.1. The second-order valence-corrected chi connectivity index (χ2v) is 12.7. The fourth-order valence-corrected chi connectivity index (χ4v) is 5.06. The molecule has 0 bridgehead atoms. The van der Waals surface area contributed by atoms with Crippen LogP contribution in [0, 0.1) is 5.41 Å². The van der Waals surface area contributed by atoms with Crippen LogP contribution in [-0.4, -0.2) is 72.4 Å². The highest BCUT2D eigenvalue weighted by atomic mass is 16.6. The Morgan fingerprint density at radius 1 is 0.977 bits per heavy atom. The number of hydrogen-bond acceptors (Lipinski definition) is 8. The van der Waals surface area contributed by atoms with Gasteiger partial charge in [-0.25, -0.2) is 14.6 Å². The van der Waals surface area contributed by atoms with Crippen molar-refractivity contribution in [3.8, 4) is 22.8 Å². The molecule has 0 aliphatic carbocycles. The van der Waals surface area contributed by atoms with E-state index in [1.54, 1.807) is 27.9 Å². The van der Waals surface area contributed by atoms with Crippen LogP contribution in [0.2, 0.25) is 0 Å². The molecule has 0 spiro atoms. The highest BCUT2D eigenvalue weighted by Crippen LogP contribution is 2.35. The van der Waals surface area contributed by atoms with Crippen molar-refractivity contribution < 1.29 is 33.3 Å². The lowest BCUT2D eigenvalue weighted by molar-refractivity contribution is -0.152. The molecule has 2 heterocycles. The molecule has 1 saturated heterocycles. The van der Waals surface area contributed by atoms with Gasteiger partial charge in [-0.05, 0) is 38.3 Å². The van der Waals surface area contributed by atoms with Crippen LogP contribution in [0.5, 0.6) is 11.5 Å². The minimum Gasteiger partial charge on any atom is -0.497 e. The Bertz CT molecular complexity index is 1480. The van der Waals surface area contributed by atoms with Crippen molar-refractivity contribution in [1.82, 2.24) is 15.2 Å². The van der Waals surface area contributed by atoms with Crippen LogP contribution in [0.4, 0.5) is 4.79 Å². The SMILES string of the molecule is COC(=O)[C@@H]1C[C@@H](Oc2cc(-c3ccccc3)nc3cc(OC)ccc23)CN1C(=O)[C@@H](NC(=O)OC(C)(C)C)C(C)(C)C. The van der Waals surface area contributed by atoms with Gasteiger partial charge >= 0.3 is 12.1 Å². The number of benzene rings is 2. The minimum absolute atomic E-state index is 0.113. The molecule has 0 saturated carbocycles. The van der Waals surface area contributed by atoms with Gasteiger partial charge in [0.25, 0.3) is 0 Å². The number of esters is 1. The molecular formula is C33H41N3O7. The van der Waals surface area contributed by atoms with Crippen LogP contribution in [-0.2, 0) is 19.1 Å². The van der Waals surface area contributed by atoms with Crippen LogP contribution in [0.25, 0.3) is 22.2 Å². The summed E-state index contributed by atoms with van der Waals surface area (Å²) in [6.45, 7) is 10.9. The lowest BCUT2D eigenvalue weighted by Crippen LogP contribution is -2.57. The predicted octanol–water partition coefficient (Wildman–Crippen LogP) is 5.37. The lowest BCUT2D eigenvalue weighted by Gasteiger charge is -2.35. The molecule has 10 nitrogen and oxygen atoms in total. The molecule has 3 aromatic rings. The molecule has 43 heavy (non-hydrogen) atoms. The Labute approximate surface area is 252 Å². The number of methoxy groups -OCH3 is 2. The Hall–Kier alpha value is -4.34. The summed E-state index contributed by atoms with van der Waals surface area (Å²) in [6.07, 6.45) is -1.04. The molecule has 3 atom stereocenters. The zero-order chi connectivity index (χ0) is 31.5. The van der Waals surface area contributed by atoms with Crippen LogP contribution < -0.4 is 14.8 Å². The summed E-state index contributed by atoms with van der Waals surface area (Å²) in [5.41, 5.74) is 0.876. The van der Waals surface area contributed by atoms with Gasteiger partial charge in [-0.1, -0.05) is 51.1 Å². The molecule has 1 aromatic heterocycles. The monoisotopic (exact) mass is 591 g/mol. The summed E-state index contributed by atoms with van der Waals surface area (Å²) in [4.78, 5) is 45.9. The number of pyridine rings is 1. The van der Waals surface area contributed by atoms with Crippen molar-refractivity contribution in [1.29, 1.82) is 0 Å². The predicted molar refractivity (Wildman–Crippen MR) is 163 cm³/mol. The third kappa shape index (κ3) is 7.55. The second-order valence-electron chi connectivity index (χ2n) is 12.7. The number of aromatic nitrogens is 1. The number of ether oxygens (including phenoxy) is 4. The maximum Gasteiger partial charge on any atom is 0.408 e. The molecule has 1 N–H and O–H groups in total. The number of carbonyl (C=O) groups is 3. The molecule has 2 amide bonds. The number of carbonyl (C=O) groups excluding carboxylic acids is 3. The van der Waals surface area contributed by atoms with Gasteiger partial charge in [0.05, 0.1) is 32.0 Å². The molecule has 2 aromatic carbocycles. The molecule has 1 aliphatic heterocycles. The number of alkyl carbamates (subject to hydrolysis) is 1. The van der Waals surface area contributed by atoms with Crippen molar-refractivity contribution in [3.05, 3.63) is 54.6 Å². The lowest BCUT2D eigenvalue weighted by atomic mass is 9.85. The molecule has 0 radical (unpaired) electrons. The maximum absolute atomic E-state index is 14.0. The van der Waals surface area contributed by atoms with Gasteiger partial charge < -0.3 is 29.2 Å². The first-order chi connectivity index (χ1) is 20.2. The van der Waals surface area contributed by atoms with Crippen LogP contribution >= 0.6 is 0 Å². The first-order valence-corrected chi connectivity index (χ1v) is 14.3. The van der Waals surface area contributed by atoms with E-state index < -0.39 is 47.2 Å². The van der Waals surface area contributed by atoms with Gasteiger partial charge in [-0.15, -0.1) is 0 Å². The topological polar surface area (TPSA) is 116 Å². The van der Waals surface area contributed by atoms with Gasteiger partial charge in [-0.3, -0.25) is 4.79 Å². The van der Waals surface area contributed by atoms with E-state index in [-0.39, 0.29) is 13.0 Å². The first kappa shape index (κ1) is 31.6. The third-order valence-electron chi connectivity index (χ3n) is 7.14. The van der Waals surface area contributed by atoms with E-state index in [1.807, 2.05) is 75.4 Å². The Kier molecular flexibility index (Phi) is 9.18. The van der Waals surface area contributed by atoms with E-state index in [4.69, 9.17) is 23.9 Å². The van der Waals surface area contributed by atoms with Gasteiger partial charge in [-0.2, -0.15) is 0 Å². The number of fused-ring (bicyclic) bond motifs is 1. The highest BCUT2D eigenvalue weighted by molar-refractivity contribution is 5.91. The van der Waals surface area contributed by atoms with Crippen molar-refractivity contribution >= 4 is 28.9 Å². The van der Waals surface area contributed by atoms with Crippen molar-refractivity contribution in [2.75, 3.05) is 20.8 Å². The molecule has 1 fully saturated rings. The Balaban J connectivity index is 1.67. The largest absolute Gasteiger partial charge is 0.497 e. The van der Waals surface area contributed by atoms with E-state index in [0.717, 1.165) is 10.9 Å². The first-order valence-electron chi connectivity index (χ1n) is 14.3. The number of amides is 2. The van der Waals surface area contributed by atoms with Crippen LogP contribution in [0.15, 0.2) is 54.6 Å². The third-order valence-corrected chi connectivity index (χ3v) is 7.14. The molecule has 1 aliphatic rings. The van der Waals surface area contributed by atoms with E-state index >= 15 is 0 Å². The summed E-state index contributed by atoms with van der Waals surface area (Å²) >= 11 is 0. The van der Waals surface area contributed by atoms with Gasteiger partial charge in [0.15, 0.2) is 0 Å². The number of likely N-dealkylation sites (tertiary alicyclic amines) is 1. The van der Waals surface area contributed by atoms with Gasteiger partial charge in [0, 0.05) is 29.5 Å². The van der Waals surface area contributed by atoms with Gasteiger partial charge in [0.1, 0.15) is 35.3 Å². The van der Waals surface area contributed by atoms with Crippen LogP contribution in [0.1, 0.15) is 48.0 Å². The van der Waals surface area contributed by atoms with Gasteiger partial charge in [0.2, 0.25) is 5.91 Å². The van der Waals surface area contributed by atoms with Crippen molar-refractivity contribution in [2.24, 2.45) is 5.41 Å². The molecular weight excluding hydrogens is 550 g/mol. The summed E-state index contributed by atoms with van der Waals surface area (Å²) in [5.74, 6) is 0.242. The average molecular weight is 592 g/mol. The fourth-order valence-electron chi connectivity index (χ4n) is 5.06. The second kappa shape index (κ2) is 12.5. The van der Waals surface area contributed by atoms with E-state index in [2.05, 4.69) is 5.32 Å². The molecule has 4 rings (SSSR count). The summed E-state index contributed by atoms with van der Waals surface area (Å²) in [5, 5.41) is 3.49. The number of rotatable bonds is 7. The summed E-state index contributed by atoms with van der Waals surface area (Å²) in [6, 6.07) is 15.3. The maximum atomic E-state index is 14.0. The van der Waals surface area contributed by atoms with E-state index in [1.165, 1.54) is 12.0 Å². The van der Waals surface area contributed by atoms with Crippen molar-refractivity contribution in [3.63, 3.8) is 0 Å². The average Bonchev–Trinajstić information content (AvgIpc) is 3.37. The molecule has 230 valence electrons. The Morgan fingerprint density at radius 2 is 1.67 bits per heavy atom. The summed E-state index contributed by atoms with van der Waals surface area (Å²) < 4.78 is 22.5. The molecule has 10 heteroatoms. The number of hydrogen-bond donors (Lipinski definition) is 1. The van der Waals surface area contributed by atoms with E-state index in [0.29, 0.717) is 22.7 Å². The quantitative estimate of drug-likeness (QED) is 0.365. The Morgan fingerprint density at radius 3 is 2.28 bits per heavy atom. The number of nitrogens with one attached hydrogen (secondary N) is 1. The fraction of sp³-hybridized carbons (Fsp3) is 0.455. The molecule has 0 unspecified atom stereocenters. The normalized spacial score (nSPS) is 17.7. The van der Waals surface area contributed by atoms with Crippen LogP contribution in [0.3, 0.4) is 0 Å². The smallest absolute Gasteiger partial charge is 0.408 e. The standard InChI is InChI=1S/C33H41N3O7/c1-32(2,3)28(35-31(39)43-33(4,5)6)29(37)36-19-22(17-26(36)30(38)41-8)42-27-18-24(20-12-10-9-11-13-20)34-25-16-21(40-7)14-15-23(25)27/h9-16,18,22,26,28H,17,19H2,1-8H3,(H,35,39)/t22-,26+,28-/m1/s1. The van der Waals surface area contributed by atoms with Crippen molar-refractivity contribution in [2.45, 2.75) is 71.8 Å². The zero-order valence-electron chi connectivity index (χ0n) is 26.1. The highest BCUT2D eigenvalue weighted by Gasteiger charge is 2.46. The number of nitrogens with zero attached hydrogens (tertiary/aromatic N) is 2.